The molecule has 1 amide bonds. The largest absolute Gasteiger partial charge is 0.308 e. The lowest BCUT2D eigenvalue weighted by molar-refractivity contribution is 0.0980. The van der Waals surface area contributed by atoms with Gasteiger partial charge in [0.1, 0.15) is 17.2 Å². The van der Waals surface area contributed by atoms with Crippen LogP contribution in [0.4, 0.5) is 5.82 Å². The maximum atomic E-state index is 13.0. The zero-order chi connectivity index (χ0) is 17.1. The lowest BCUT2D eigenvalue weighted by Gasteiger charge is -2.22. The Labute approximate surface area is 148 Å². The molecule has 124 valence electrons. The number of anilines is 1. The number of likely N-dealkylation sites (N-methyl/N-ethyl adjacent to an activating group) is 1. The van der Waals surface area contributed by atoms with Crippen LogP contribution in [0, 0.1) is 0 Å². The van der Waals surface area contributed by atoms with Crippen molar-refractivity contribution in [2.45, 2.75) is 0 Å². The topological polar surface area (TPSA) is 53.7 Å². The van der Waals surface area contributed by atoms with Gasteiger partial charge < -0.3 is 4.90 Å². The van der Waals surface area contributed by atoms with Gasteiger partial charge in [-0.3, -0.25) is 14.1 Å². The number of amides is 1. The Kier molecular flexibility index (Phi) is 4.92. The first-order valence-electron chi connectivity index (χ1n) is 7.57. The van der Waals surface area contributed by atoms with Crippen molar-refractivity contribution in [1.29, 1.82) is 0 Å². The second kappa shape index (κ2) is 7.11. The lowest BCUT2D eigenvalue weighted by atomic mass is 10.3. The zero-order valence-electron chi connectivity index (χ0n) is 13.6. The molecule has 0 bridgehead atoms. The highest BCUT2D eigenvalue weighted by Crippen LogP contribution is 2.17. The Morgan fingerprint density at radius 2 is 2.00 bits per heavy atom. The predicted molar refractivity (Wildman–Crippen MR) is 97.4 cm³/mol. The minimum absolute atomic E-state index is 0.161. The first kappa shape index (κ1) is 16.6. The Balaban J connectivity index is 1.96. The second-order valence-electron chi connectivity index (χ2n) is 5.65. The van der Waals surface area contributed by atoms with Gasteiger partial charge in [-0.15, -0.1) is 0 Å². The van der Waals surface area contributed by atoms with Crippen LogP contribution in [-0.4, -0.2) is 52.4 Å². The van der Waals surface area contributed by atoms with Gasteiger partial charge in [-0.25, -0.2) is 9.97 Å². The highest BCUT2D eigenvalue weighted by atomic mass is 79.9. The fourth-order valence-corrected chi connectivity index (χ4v) is 2.79. The van der Waals surface area contributed by atoms with Crippen LogP contribution in [0.2, 0.25) is 0 Å². The Hall–Kier alpha value is -2.25. The summed E-state index contributed by atoms with van der Waals surface area (Å²) in [5.41, 5.74) is 1.12. The quantitative estimate of drug-likeness (QED) is 0.631. The normalized spacial score (nSPS) is 11.2. The molecule has 0 saturated carbocycles. The van der Waals surface area contributed by atoms with Crippen molar-refractivity contribution in [3.05, 3.63) is 59.1 Å². The molecule has 0 aliphatic heterocycles. The molecular formula is C17H18BrN5O. The molecule has 0 radical (unpaired) electrons. The molecule has 0 aliphatic carbocycles. The van der Waals surface area contributed by atoms with E-state index in [9.17, 15) is 4.79 Å². The van der Waals surface area contributed by atoms with Gasteiger partial charge in [-0.05, 0) is 54.3 Å². The summed E-state index contributed by atoms with van der Waals surface area (Å²) in [5.74, 6) is 0.464. The van der Waals surface area contributed by atoms with E-state index in [1.165, 1.54) is 0 Å². The summed E-state index contributed by atoms with van der Waals surface area (Å²) in [5, 5.41) is 0. The SMILES string of the molecule is CN(C)CCN(C(=O)c1cn2c(Br)cccc2n1)c1ccccn1. The smallest absolute Gasteiger partial charge is 0.279 e. The summed E-state index contributed by atoms with van der Waals surface area (Å²) in [6.07, 6.45) is 3.43. The fourth-order valence-electron chi connectivity index (χ4n) is 2.35. The van der Waals surface area contributed by atoms with Crippen molar-refractivity contribution in [3.63, 3.8) is 0 Å². The van der Waals surface area contributed by atoms with Crippen LogP contribution >= 0.6 is 15.9 Å². The molecule has 0 aromatic carbocycles. The van der Waals surface area contributed by atoms with Crippen LogP contribution in [0.25, 0.3) is 5.65 Å². The Morgan fingerprint density at radius 1 is 1.17 bits per heavy atom. The summed E-state index contributed by atoms with van der Waals surface area (Å²) < 4.78 is 2.69. The van der Waals surface area contributed by atoms with E-state index in [4.69, 9.17) is 0 Å². The van der Waals surface area contributed by atoms with E-state index < -0.39 is 0 Å². The summed E-state index contributed by atoms with van der Waals surface area (Å²) in [6.45, 7) is 1.28. The van der Waals surface area contributed by atoms with Crippen LogP contribution in [0.15, 0.2) is 53.4 Å². The number of carbonyl (C=O) groups is 1. The summed E-state index contributed by atoms with van der Waals surface area (Å²) in [7, 11) is 3.95. The number of halogens is 1. The zero-order valence-corrected chi connectivity index (χ0v) is 15.1. The lowest BCUT2D eigenvalue weighted by Crippen LogP contribution is -2.37. The van der Waals surface area contributed by atoms with Gasteiger partial charge in [-0.2, -0.15) is 0 Å². The molecule has 3 heterocycles. The summed E-state index contributed by atoms with van der Waals surface area (Å²) in [6, 6.07) is 11.2. The van der Waals surface area contributed by atoms with Gasteiger partial charge in [0, 0.05) is 25.5 Å². The average molecular weight is 388 g/mol. The van der Waals surface area contributed by atoms with Crippen LogP contribution in [-0.2, 0) is 0 Å². The van der Waals surface area contributed by atoms with E-state index in [1.807, 2.05) is 59.8 Å². The number of rotatable bonds is 5. The Bertz CT molecular complexity index is 847. The highest BCUT2D eigenvalue weighted by Gasteiger charge is 2.21. The standard InChI is InChI=1S/C17H18BrN5O/c1-21(2)10-11-22(15-7-3-4-9-19-15)17(24)13-12-23-14(18)6-5-8-16(23)20-13/h3-9,12H,10-11H2,1-2H3. The summed E-state index contributed by atoms with van der Waals surface area (Å²) >= 11 is 3.47. The molecule has 0 atom stereocenters. The Morgan fingerprint density at radius 3 is 2.67 bits per heavy atom. The number of hydrogen-bond acceptors (Lipinski definition) is 4. The van der Waals surface area contributed by atoms with Gasteiger partial charge in [0.15, 0.2) is 0 Å². The van der Waals surface area contributed by atoms with Crippen LogP contribution in [0.3, 0.4) is 0 Å². The maximum Gasteiger partial charge on any atom is 0.279 e. The third-order valence-electron chi connectivity index (χ3n) is 3.60. The first-order valence-corrected chi connectivity index (χ1v) is 8.37. The molecular weight excluding hydrogens is 370 g/mol. The van der Waals surface area contributed by atoms with Crippen molar-refractivity contribution in [3.8, 4) is 0 Å². The maximum absolute atomic E-state index is 13.0. The highest BCUT2D eigenvalue weighted by molar-refractivity contribution is 9.10. The van der Waals surface area contributed by atoms with Crippen LogP contribution in [0.5, 0.6) is 0 Å². The third kappa shape index (κ3) is 3.47. The molecule has 3 aromatic heterocycles. The molecule has 0 aliphatic rings. The van der Waals surface area contributed by atoms with Gasteiger partial charge in [0.05, 0.1) is 4.60 Å². The van der Waals surface area contributed by atoms with Gasteiger partial charge in [0.2, 0.25) is 0 Å². The summed E-state index contributed by atoms with van der Waals surface area (Å²) in [4.78, 5) is 25.5. The molecule has 0 N–H and O–H groups in total. The monoisotopic (exact) mass is 387 g/mol. The fraction of sp³-hybridized carbons (Fsp3) is 0.235. The molecule has 0 unspecified atom stereocenters. The van der Waals surface area contributed by atoms with Crippen LogP contribution in [0.1, 0.15) is 10.5 Å². The second-order valence-corrected chi connectivity index (χ2v) is 6.46. The van der Waals surface area contributed by atoms with Gasteiger partial charge in [0.25, 0.3) is 5.91 Å². The first-order chi connectivity index (χ1) is 11.6. The number of fused-ring (bicyclic) bond motifs is 1. The van der Waals surface area contributed by atoms with E-state index in [0.29, 0.717) is 18.1 Å². The van der Waals surface area contributed by atoms with Gasteiger partial charge >= 0.3 is 0 Å². The van der Waals surface area contributed by atoms with E-state index in [0.717, 1.165) is 16.8 Å². The van der Waals surface area contributed by atoms with Crippen molar-refractivity contribution in [1.82, 2.24) is 19.3 Å². The molecule has 7 heteroatoms. The molecule has 3 rings (SSSR count). The number of imidazole rings is 1. The van der Waals surface area contributed by atoms with Crippen molar-refractivity contribution in [2.24, 2.45) is 0 Å². The third-order valence-corrected chi connectivity index (χ3v) is 4.25. The minimum atomic E-state index is -0.161. The van der Waals surface area contributed by atoms with Crippen LogP contribution < -0.4 is 4.90 Å². The van der Waals surface area contributed by atoms with E-state index in [2.05, 4.69) is 25.9 Å². The van der Waals surface area contributed by atoms with E-state index in [1.54, 1.807) is 17.3 Å². The van der Waals surface area contributed by atoms with E-state index in [-0.39, 0.29) is 5.91 Å². The number of aromatic nitrogens is 3. The number of pyridine rings is 2. The van der Waals surface area contributed by atoms with E-state index >= 15 is 0 Å². The van der Waals surface area contributed by atoms with Crippen molar-refractivity contribution in [2.75, 3.05) is 32.1 Å². The number of nitrogens with zero attached hydrogens (tertiary/aromatic N) is 5. The molecule has 6 nitrogen and oxygen atoms in total. The van der Waals surface area contributed by atoms with Gasteiger partial charge in [-0.1, -0.05) is 12.1 Å². The molecule has 0 saturated heterocycles. The molecule has 0 fully saturated rings. The predicted octanol–water partition coefficient (Wildman–Crippen LogP) is 2.70. The minimum Gasteiger partial charge on any atom is -0.308 e. The number of carbonyl (C=O) groups excluding carboxylic acids is 1. The van der Waals surface area contributed by atoms with Crippen molar-refractivity contribution >= 4 is 33.3 Å². The average Bonchev–Trinajstić information content (AvgIpc) is 3.01. The molecule has 3 aromatic rings. The molecule has 0 spiro atoms. The molecule has 24 heavy (non-hydrogen) atoms. The number of hydrogen-bond donors (Lipinski definition) is 0. The van der Waals surface area contributed by atoms with Crippen molar-refractivity contribution < 1.29 is 4.79 Å².